The second-order valence-electron chi connectivity index (χ2n) is 10.8. The lowest BCUT2D eigenvalue weighted by Crippen LogP contribution is -2.50. The summed E-state index contributed by atoms with van der Waals surface area (Å²) in [5.74, 6) is 0.852. The molecule has 0 spiro atoms. The van der Waals surface area contributed by atoms with E-state index in [1.165, 1.54) is 64.2 Å². The van der Waals surface area contributed by atoms with E-state index in [2.05, 4.69) is 16.9 Å². The molecule has 1 amide bonds. The lowest BCUT2D eigenvalue weighted by atomic mass is 9.59. The first-order valence-electron chi connectivity index (χ1n) is 12.7. The Bertz CT molecular complexity index is 770. The molecule has 3 saturated carbocycles. The van der Waals surface area contributed by atoms with Crippen LogP contribution in [0, 0.1) is 11.3 Å². The number of aliphatic hydroxyl groups excluding tert-OH is 1. The zero-order chi connectivity index (χ0) is 20.7. The SMILES string of the molecule is CC(NC(=O)c1nn(C2CCCCC2)c2c1CCCC2O)C12CCCC(CCC1)C2. The molecule has 30 heavy (non-hydrogen) atoms. The van der Waals surface area contributed by atoms with Crippen LogP contribution in [0.5, 0.6) is 0 Å². The van der Waals surface area contributed by atoms with Crippen molar-refractivity contribution in [3.05, 3.63) is 17.0 Å². The molecule has 4 aliphatic rings. The van der Waals surface area contributed by atoms with Crippen molar-refractivity contribution in [1.82, 2.24) is 15.1 Å². The third-order valence-electron chi connectivity index (χ3n) is 8.94. The van der Waals surface area contributed by atoms with Crippen molar-refractivity contribution in [1.29, 1.82) is 0 Å². The molecule has 2 atom stereocenters. The standard InChI is InChI=1S/C25H39N3O2/c1-17(25-14-6-8-18(16-25)9-7-15-25)26-24(30)22-20-12-5-13-21(29)23(20)28(27-22)19-10-3-2-4-11-19/h17-19,21,29H,2-16H2,1H3,(H,26,30). The minimum Gasteiger partial charge on any atom is -0.387 e. The number of rotatable bonds is 4. The van der Waals surface area contributed by atoms with E-state index in [1.54, 1.807) is 0 Å². The Morgan fingerprint density at radius 3 is 2.53 bits per heavy atom. The average Bonchev–Trinajstić information content (AvgIpc) is 3.16. The summed E-state index contributed by atoms with van der Waals surface area (Å²) in [6.07, 6.45) is 17.2. The van der Waals surface area contributed by atoms with E-state index in [0.717, 1.165) is 49.3 Å². The van der Waals surface area contributed by atoms with E-state index in [9.17, 15) is 9.90 Å². The van der Waals surface area contributed by atoms with Gasteiger partial charge in [-0.3, -0.25) is 9.48 Å². The third-order valence-corrected chi connectivity index (χ3v) is 8.94. The molecule has 2 bridgehead atoms. The lowest BCUT2D eigenvalue weighted by Gasteiger charge is -2.49. The van der Waals surface area contributed by atoms with Gasteiger partial charge in [-0.15, -0.1) is 0 Å². The number of fused-ring (bicyclic) bond motifs is 3. The molecule has 5 heteroatoms. The van der Waals surface area contributed by atoms with Gasteiger partial charge in [0.15, 0.2) is 5.69 Å². The van der Waals surface area contributed by atoms with Gasteiger partial charge in [0.2, 0.25) is 0 Å². The van der Waals surface area contributed by atoms with E-state index < -0.39 is 6.10 Å². The molecule has 0 aliphatic heterocycles. The summed E-state index contributed by atoms with van der Waals surface area (Å²) in [6, 6.07) is 0.535. The molecule has 2 N–H and O–H groups in total. The molecule has 1 aromatic rings. The maximum atomic E-state index is 13.5. The summed E-state index contributed by atoms with van der Waals surface area (Å²) in [6.45, 7) is 2.23. The summed E-state index contributed by atoms with van der Waals surface area (Å²) in [7, 11) is 0. The number of amides is 1. The number of hydrogen-bond donors (Lipinski definition) is 2. The van der Waals surface area contributed by atoms with Crippen LogP contribution in [0.4, 0.5) is 0 Å². The zero-order valence-electron chi connectivity index (χ0n) is 18.7. The first-order valence-corrected chi connectivity index (χ1v) is 12.7. The van der Waals surface area contributed by atoms with Gasteiger partial charge in [-0.2, -0.15) is 5.10 Å². The smallest absolute Gasteiger partial charge is 0.272 e. The van der Waals surface area contributed by atoms with Gasteiger partial charge in [-0.25, -0.2) is 0 Å². The number of nitrogens with zero attached hydrogens (tertiary/aromatic N) is 2. The predicted molar refractivity (Wildman–Crippen MR) is 117 cm³/mol. The summed E-state index contributed by atoms with van der Waals surface area (Å²) >= 11 is 0. The van der Waals surface area contributed by atoms with E-state index >= 15 is 0 Å². The zero-order valence-corrected chi connectivity index (χ0v) is 18.7. The second kappa shape index (κ2) is 8.29. The van der Waals surface area contributed by atoms with E-state index in [1.807, 2.05) is 0 Å². The molecule has 1 aromatic heterocycles. The Labute approximate surface area is 181 Å². The van der Waals surface area contributed by atoms with Gasteiger partial charge in [-0.05, 0) is 69.6 Å². The van der Waals surface area contributed by atoms with Crippen molar-refractivity contribution < 1.29 is 9.90 Å². The Hall–Kier alpha value is -1.36. The topological polar surface area (TPSA) is 67.2 Å². The van der Waals surface area contributed by atoms with Crippen LogP contribution in [0.25, 0.3) is 0 Å². The van der Waals surface area contributed by atoms with Gasteiger partial charge in [0.25, 0.3) is 5.91 Å². The molecule has 4 aliphatic carbocycles. The fourth-order valence-corrected chi connectivity index (χ4v) is 7.24. The van der Waals surface area contributed by atoms with Crippen LogP contribution in [0.15, 0.2) is 0 Å². The molecule has 2 unspecified atom stereocenters. The Morgan fingerprint density at radius 1 is 1.07 bits per heavy atom. The van der Waals surface area contributed by atoms with Crippen LogP contribution in [-0.2, 0) is 6.42 Å². The first-order chi connectivity index (χ1) is 14.6. The largest absolute Gasteiger partial charge is 0.387 e. The van der Waals surface area contributed by atoms with E-state index in [4.69, 9.17) is 5.10 Å². The first kappa shape index (κ1) is 20.5. The molecular formula is C25H39N3O2. The molecule has 0 saturated heterocycles. The highest BCUT2D eigenvalue weighted by atomic mass is 16.3. The summed E-state index contributed by atoms with van der Waals surface area (Å²) in [5, 5.41) is 19.1. The minimum absolute atomic E-state index is 0.00974. The molecule has 5 rings (SSSR count). The predicted octanol–water partition coefficient (Wildman–Crippen LogP) is 5.24. The number of carbonyl (C=O) groups is 1. The van der Waals surface area contributed by atoms with Crippen molar-refractivity contribution >= 4 is 5.91 Å². The maximum absolute atomic E-state index is 13.5. The molecule has 166 valence electrons. The number of aliphatic hydroxyl groups is 1. The van der Waals surface area contributed by atoms with Crippen LogP contribution in [-0.4, -0.2) is 26.8 Å². The molecule has 0 radical (unpaired) electrons. The van der Waals surface area contributed by atoms with E-state index in [0.29, 0.717) is 11.7 Å². The molecule has 5 nitrogen and oxygen atoms in total. The van der Waals surface area contributed by atoms with Crippen molar-refractivity contribution in [2.24, 2.45) is 11.3 Å². The molecule has 3 fully saturated rings. The van der Waals surface area contributed by atoms with E-state index in [-0.39, 0.29) is 17.4 Å². The van der Waals surface area contributed by atoms with Crippen molar-refractivity contribution in [3.8, 4) is 0 Å². The highest BCUT2D eigenvalue weighted by Gasteiger charge is 2.44. The number of carbonyl (C=O) groups excluding carboxylic acids is 1. The quantitative estimate of drug-likeness (QED) is 0.709. The summed E-state index contributed by atoms with van der Waals surface area (Å²) in [5.41, 5.74) is 2.84. The highest BCUT2D eigenvalue weighted by Crippen LogP contribution is 2.51. The number of aromatic nitrogens is 2. The monoisotopic (exact) mass is 413 g/mol. The normalized spacial score (nSPS) is 33.0. The Balaban J connectivity index is 1.40. The maximum Gasteiger partial charge on any atom is 0.272 e. The fraction of sp³-hybridized carbons (Fsp3) is 0.840. The number of hydrogen-bond acceptors (Lipinski definition) is 3. The molecular weight excluding hydrogens is 374 g/mol. The van der Waals surface area contributed by atoms with Gasteiger partial charge in [0.05, 0.1) is 17.8 Å². The summed E-state index contributed by atoms with van der Waals surface area (Å²) < 4.78 is 2.06. The van der Waals surface area contributed by atoms with Gasteiger partial charge in [0.1, 0.15) is 0 Å². The minimum atomic E-state index is -0.474. The van der Waals surface area contributed by atoms with Crippen LogP contribution in [0.2, 0.25) is 0 Å². The molecule has 1 heterocycles. The van der Waals surface area contributed by atoms with Gasteiger partial charge in [-0.1, -0.05) is 44.9 Å². The summed E-state index contributed by atoms with van der Waals surface area (Å²) in [4.78, 5) is 13.5. The fourth-order valence-electron chi connectivity index (χ4n) is 7.24. The Kier molecular flexibility index (Phi) is 5.68. The van der Waals surface area contributed by atoms with Gasteiger partial charge < -0.3 is 10.4 Å². The molecule has 0 aromatic carbocycles. The van der Waals surface area contributed by atoms with Gasteiger partial charge >= 0.3 is 0 Å². The van der Waals surface area contributed by atoms with Crippen LogP contribution in [0.1, 0.15) is 131 Å². The third kappa shape index (κ3) is 3.61. The lowest BCUT2D eigenvalue weighted by molar-refractivity contribution is 0.0403. The van der Waals surface area contributed by atoms with Crippen molar-refractivity contribution in [3.63, 3.8) is 0 Å². The highest BCUT2D eigenvalue weighted by molar-refractivity contribution is 5.94. The Morgan fingerprint density at radius 2 is 1.80 bits per heavy atom. The van der Waals surface area contributed by atoms with Crippen LogP contribution < -0.4 is 5.32 Å². The van der Waals surface area contributed by atoms with Crippen molar-refractivity contribution in [2.75, 3.05) is 0 Å². The van der Waals surface area contributed by atoms with Crippen molar-refractivity contribution in [2.45, 2.75) is 121 Å². The van der Waals surface area contributed by atoms with Gasteiger partial charge in [0, 0.05) is 11.6 Å². The second-order valence-corrected chi connectivity index (χ2v) is 10.8. The number of nitrogens with one attached hydrogen (secondary N) is 1. The van der Waals surface area contributed by atoms with Crippen LogP contribution in [0.3, 0.4) is 0 Å². The van der Waals surface area contributed by atoms with Crippen LogP contribution >= 0.6 is 0 Å². The average molecular weight is 414 g/mol.